The van der Waals surface area contributed by atoms with Crippen molar-refractivity contribution in [2.45, 2.75) is 63.8 Å². The number of nitrogens with one attached hydrogen (secondary N) is 2. The summed E-state index contributed by atoms with van der Waals surface area (Å²) in [6, 6.07) is 10.2. The molecule has 28 heavy (non-hydrogen) atoms. The molecule has 2 aliphatic heterocycles. The first-order chi connectivity index (χ1) is 13.6. The van der Waals surface area contributed by atoms with E-state index in [1.807, 2.05) is 23.1 Å². The maximum atomic E-state index is 13.6. The molecule has 0 spiro atoms. The van der Waals surface area contributed by atoms with Crippen LogP contribution in [0.4, 0.5) is 0 Å². The summed E-state index contributed by atoms with van der Waals surface area (Å²) in [5.74, 6) is 0.698. The van der Waals surface area contributed by atoms with Crippen LogP contribution in [-0.2, 0) is 15.0 Å². The van der Waals surface area contributed by atoms with Gasteiger partial charge in [-0.1, -0.05) is 44.2 Å². The lowest BCUT2D eigenvalue weighted by Gasteiger charge is -2.40. The predicted octanol–water partition coefficient (Wildman–Crippen LogP) is 2.85. The zero-order chi connectivity index (χ0) is 20.0. The topological polar surface area (TPSA) is 61.4 Å². The first-order valence-corrected chi connectivity index (χ1v) is 11.0. The molecule has 5 heteroatoms. The summed E-state index contributed by atoms with van der Waals surface area (Å²) < 4.78 is 0. The molecule has 2 heterocycles. The Morgan fingerprint density at radius 3 is 2.54 bits per heavy atom. The van der Waals surface area contributed by atoms with Crippen LogP contribution >= 0.6 is 0 Å². The van der Waals surface area contributed by atoms with Gasteiger partial charge in [0, 0.05) is 19.6 Å². The van der Waals surface area contributed by atoms with Crippen molar-refractivity contribution in [2.24, 2.45) is 5.92 Å². The number of nitrogens with zero attached hydrogens (tertiary/aromatic N) is 1. The lowest BCUT2D eigenvalue weighted by molar-refractivity contribution is -0.139. The fraction of sp³-hybridized carbons (Fsp3) is 0.652. The summed E-state index contributed by atoms with van der Waals surface area (Å²) >= 11 is 0. The number of carbonyl (C=O) groups excluding carboxylic acids is 2. The van der Waals surface area contributed by atoms with Crippen LogP contribution in [0.1, 0.15) is 57.9 Å². The van der Waals surface area contributed by atoms with E-state index in [4.69, 9.17) is 0 Å². The van der Waals surface area contributed by atoms with Gasteiger partial charge >= 0.3 is 0 Å². The summed E-state index contributed by atoms with van der Waals surface area (Å²) in [4.78, 5) is 27.9. The van der Waals surface area contributed by atoms with Gasteiger partial charge in [-0.05, 0) is 56.6 Å². The van der Waals surface area contributed by atoms with E-state index in [-0.39, 0.29) is 17.9 Å². The van der Waals surface area contributed by atoms with E-state index in [1.165, 1.54) is 0 Å². The SMILES string of the molecule is CCC(CC)(C(=O)N1CCCC(CNC(=O)C2CCCN2)C1)c1ccccc1. The van der Waals surface area contributed by atoms with Crippen LogP contribution in [-0.4, -0.2) is 48.9 Å². The number of hydrogen-bond acceptors (Lipinski definition) is 3. The second-order valence-electron chi connectivity index (χ2n) is 8.31. The van der Waals surface area contributed by atoms with E-state index in [2.05, 4.69) is 36.6 Å². The highest BCUT2D eigenvalue weighted by Gasteiger charge is 2.41. The smallest absolute Gasteiger partial charge is 0.237 e. The van der Waals surface area contributed by atoms with Crippen molar-refractivity contribution in [3.8, 4) is 0 Å². The molecule has 2 atom stereocenters. The van der Waals surface area contributed by atoms with Crippen molar-refractivity contribution < 1.29 is 9.59 Å². The molecule has 0 bridgehead atoms. The largest absolute Gasteiger partial charge is 0.354 e. The number of carbonyl (C=O) groups is 2. The zero-order valence-corrected chi connectivity index (χ0v) is 17.4. The molecule has 2 amide bonds. The minimum absolute atomic E-state index is 0.0350. The summed E-state index contributed by atoms with van der Waals surface area (Å²) in [6.07, 6.45) is 5.67. The molecular formula is C23H35N3O2. The summed E-state index contributed by atoms with van der Waals surface area (Å²) in [5, 5.41) is 6.36. The Labute approximate surface area is 169 Å². The number of likely N-dealkylation sites (tertiary alicyclic amines) is 1. The Morgan fingerprint density at radius 2 is 1.89 bits per heavy atom. The fourth-order valence-electron chi connectivity index (χ4n) is 4.84. The van der Waals surface area contributed by atoms with Crippen LogP contribution in [0.3, 0.4) is 0 Å². The van der Waals surface area contributed by atoms with Gasteiger partial charge in [-0.15, -0.1) is 0 Å². The van der Waals surface area contributed by atoms with Crippen molar-refractivity contribution in [2.75, 3.05) is 26.2 Å². The van der Waals surface area contributed by atoms with Crippen molar-refractivity contribution in [3.63, 3.8) is 0 Å². The van der Waals surface area contributed by atoms with Gasteiger partial charge < -0.3 is 15.5 Å². The van der Waals surface area contributed by atoms with Crippen LogP contribution in [0, 0.1) is 5.92 Å². The van der Waals surface area contributed by atoms with Gasteiger partial charge in [-0.25, -0.2) is 0 Å². The Morgan fingerprint density at radius 1 is 1.14 bits per heavy atom. The first kappa shape index (κ1) is 20.8. The van der Waals surface area contributed by atoms with Gasteiger partial charge in [-0.2, -0.15) is 0 Å². The van der Waals surface area contributed by atoms with Crippen LogP contribution in [0.25, 0.3) is 0 Å². The molecule has 2 aliphatic rings. The quantitative estimate of drug-likeness (QED) is 0.759. The van der Waals surface area contributed by atoms with Crippen molar-refractivity contribution >= 4 is 11.8 Å². The number of hydrogen-bond donors (Lipinski definition) is 2. The summed E-state index contributed by atoms with van der Waals surface area (Å²) in [6.45, 7) is 7.39. The molecule has 2 saturated heterocycles. The number of amides is 2. The van der Waals surface area contributed by atoms with Crippen LogP contribution in [0.2, 0.25) is 0 Å². The highest BCUT2D eigenvalue weighted by molar-refractivity contribution is 5.88. The van der Waals surface area contributed by atoms with E-state index < -0.39 is 5.41 Å². The van der Waals surface area contributed by atoms with Crippen molar-refractivity contribution in [1.29, 1.82) is 0 Å². The van der Waals surface area contributed by atoms with E-state index in [1.54, 1.807) is 0 Å². The Hall–Kier alpha value is -1.88. The highest BCUT2D eigenvalue weighted by Crippen LogP contribution is 2.35. The second-order valence-corrected chi connectivity index (χ2v) is 8.31. The standard InChI is InChI=1S/C23H35N3O2/c1-3-23(4-2,19-11-6-5-7-12-19)22(28)26-15-9-10-18(17-26)16-25-21(27)20-13-8-14-24-20/h5-7,11-12,18,20,24H,3-4,8-10,13-17H2,1-2H3,(H,25,27). The average Bonchev–Trinajstić information content (AvgIpc) is 3.29. The van der Waals surface area contributed by atoms with Crippen LogP contribution < -0.4 is 10.6 Å². The van der Waals surface area contributed by atoms with Gasteiger partial charge in [0.2, 0.25) is 11.8 Å². The van der Waals surface area contributed by atoms with Crippen LogP contribution in [0.15, 0.2) is 30.3 Å². The maximum Gasteiger partial charge on any atom is 0.237 e. The Bertz CT molecular complexity index is 651. The average molecular weight is 386 g/mol. The van der Waals surface area contributed by atoms with Gasteiger partial charge in [0.25, 0.3) is 0 Å². The molecule has 0 aliphatic carbocycles. The minimum atomic E-state index is -0.444. The zero-order valence-electron chi connectivity index (χ0n) is 17.4. The lowest BCUT2D eigenvalue weighted by atomic mass is 9.74. The molecule has 2 unspecified atom stereocenters. The molecule has 5 nitrogen and oxygen atoms in total. The molecule has 154 valence electrons. The molecule has 2 N–H and O–H groups in total. The molecule has 0 saturated carbocycles. The van der Waals surface area contributed by atoms with Gasteiger partial charge in [0.15, 0.2) is 0 Å². The molecule has 2 fully saturated rings. The normalized spacial score (nSPS) is 22.9. The first-order valence-electron chi connectivity index (χ1n) is 11.0. The number of benzene rings is 1. The van der Waals surface area contributed by atoms with Crippen molar-refractivity contribution in [3.05, 3.63) is 35.9 Å². The third-order valence-electron chi connectivity index (χ3n) is 6.69. The predicted molar refractivity (Wildman–Crippen MR) is 112 cm³/mol. The third kappa shape index (κ3) is 4.40. The maximum absolute atomic E-state index is 13.6. The van der Waals surface area contributed by atoms with E-state index in [9.17, 15) is 9.59 Å². The van der Waals surface area contributed by atoms with E-state index in [0.717, 1.165) is 63.7 Å². The molecule has 1 aromatic rings. The Kier molecular flexibility index (Phi) is 7.11. The third-order valence-corrected chi connectivity index (χ3v) is 6.69. The van der Waals surface area contributed by atoms with Gasteiger partial charge in [0.05, 0.1) is 11.5 Å². The molecule has 1 aromatic carbocycles. The van der Waals surface area contributed by atoms with Crippen LogP contribution in [0.5, 0.6) is 0 Å². The molecule has 0 aromatic heterocycles. The Balaban J connectivity index is 1.63. The lowest BCUT2D eigenvalue weighted by Crippen LogP contribution is -2.52. The second kappa shape index (κ2) is 9.55. The van der Waals surface area contributed by atoms with Crippen molar-refractivity contribution in [1.82, 2.24) is 15.5 Å². The van der Waals surface area contributed by atoms with E-state index >= 15 is 0 Å². The molecular weight excluding hydrogens is 350 g/mol. The molecule has 3 rings (SSSR count). The monoisotopic (exact) mass is 385 g/mol. The summed E-state index contributed by atoms with van der Waals surface area (Å²) in [7, 11) is 0. The minimum Gasteiger partial charge on any atom is -0.354 e. The van der Waals surface area contributed by atoms with Gasteiger partial charge in [0.1, 0.15) is 0 Å². The fourth-order valence-corrected chi connectivity index (χ4v) is 4.84. The van der Waals surface area contributed by atoms with Gasteiger partial charge in [-0.3, -0.25) is 9.59 Å². The summed E-state index contributed by atoms with van der Waals surface area (Å²) in [5.41, 5.74) is 0.674. The van der Waals surface area contributed by atoms with E-state index in [0.29, 0.717) is 12.5 Å². The number of rotatable bonds is 7. The highest BCUT2D eigenvalue weighted by atomic mass is 16.2. The molecule has 0 radical (unpaired) electrons. The number of piperidine rings is 1.